The van der Waals surface area contributed by atoms with Crippen molar-refractivity contribution in [2.24, 2.45) is 0 Å². The fourth-order valence-corrected chi connectivity index (χ4v) is 3.02. The van der Waals surface area contributed by atoms with Crippen LogP contribution in [0.15, 0.2) is 29.2 Å². The van der Waals surface area contributed by atoms with Crippen molar-refractivity contribution in [3.63, 3.8) is 0 Å². The van der Waals surface area contributed by atoms with E-state index in [9.17, 15) is 14.4 Å². The molecule has 0 saturated carbocycles. The third-order valence-corrected chi connectivity index (χ3v) is 4.74. The Hall–Kier alpha value is -2.02. The van der Waals surface area contributed by atoms with Crippen LogP contribution in [0.3, 0.4) is 0 Å². The number of thioether (sulfide) groups is 1. The van der Waals surface area contributed by atoms with Crippen molar-refractivity contribution in [2.75, 3.05) is 27.4 Å². The largest absolute Gasteiger partial charge is 0.341 e. The van der Waals surface area contributed by atoms with Gasteiger partial charge in [0.05, 0.1) is 6.42 Å². The third kappa shape index (κ3) is 3.67. The third-order valence-electron chi connectivity index (χ3n) is 4.02. The van der Waals surface area contributed by atoms with E-state index in [1.165, 1.54) is 11.9 Å². The summed E-state index contributed by atoms with van der Waals surface area (Å²) in [7, 11) is 4.69. The molecule has 1 unspecified atom stereocenters. The van der Waals surface area contributed by atoms with Gasteiger partial charge in [0.1, 0.15) is 6.04 Å². The molecule has 0 aromatic heterocycles. The fourth-order valence-electron chi connectivity index (χ4n) is 2.53. The van der Waals surface area contributed by atoms with Crippen molar-refractivity contribution < 1.29 is 14.4 Å². The summed E-state index contributed by atoms with van der Waals surface area (Å²) < 4.78 is 0. The summed E-state index contributed by atoms with van der Waals surface area (Å²) in [5.41, 5.74) is 1.03. The van der Waals surface area contributed by atoms with Crippen LogP contribution in [-0.2, 0) is 16.1 Å². The predicted octanol–water partition coefficient (Wildman–Crippen LogP) is 1.65. The van der Waals surface area contributed by atoms with Gasteiger partial charge in [-0.3, -0.25) is 14.5 Å². The minimum atomic E-state index is -0.708. The molecule has 23 heavy (non-hydrogen) atoms. The topological polar surface area (TPSA) is 60.9 Å². The summed E-state index contributed by atoms with van der Waals surface area (Å²) in [5, 5.41) is 0. The lowest BCUT2D eigenvalue weighted by molar-refractivity contribution is -0.135. The van der Waals surface area contributed by atoms with E-state index < -0.39 is 6.04 Å². The number of carbonyl (C=O) groups excluding carboxylic acids is 3. The fraction of sp³-hybridized carbons (Fsp3) is 0.438. The SMILES string of the molecule is CSc1cccc(CN(C)C(=O)CC2C(=O)N(C)C(=O)N2C)c1. The van der Waals surface area contributed by atoms with Crippen molar-refractivity contribution in [3.05, 3.63) is 29.8 Å². The predicted molar refractivity (Wildman–Crippen MR) is 89.0 cm³/mol. The zero-order valence-electron chi connectivity index (χ0n) is 13.8. The number of amides is 4. The van der Waals surface area contributed by atoms with Gasteiger partial charge in [0.15, 0.2) is 0 Å². The highest BCUT2D eigenvalue weighted by Gasteiger charge is 2.42. The minimum Gasteiger partial charge on any atom is -0.341 e. The highest BCUT2D eigenvalue weighted by molar-refractivity contribution is 7.98. The lowest BCUT2D eigenvalue weighted by Gasteiger charge is -2.21. The number of carbonyl (C=O) groups is 3. The highest BCUT2D eigenvalue weighted by Crippen LogP contribution is 2.19. The van der Waals surface area contributed by atoms with Crippen LogP contribution in [-0.4, -0.2) is 66.0 Å². The van der Waals surface area contributed by atoms with E-state index in [4.69, 9.17) is 0 Å². The summed E-state index contributed by atoms with van der Waals surface area (Å²) in [4.78, 5) is 41.2. The van der Waals surface area contributed by atoms with E-state index in [-0.39, 0.29) is 24.3 Å². The molecule has 1 aliphatic heterocycles. The Morgan fingerprint density at radius 3 is 2.57 bits per heavy atom. The van der Waals surface area contributed by atoms with Crippen molar-refractivity contribution in [1.29, 1.82) is 0 Å². The molecule has 0 aliphatic carbocycles. The average Bonchev–Trinajstić information content (AvgIpc) is 2.72. The molecular weight excluding hydrogens is 314 g/mol. The zero-order valence-corrected chi connectivity index (χ0v) is 14.6. The standard InChI is InChI=1S/C16H21N3O3S/c1-17(10-11-6-5-7-12(8-11)23-4)14(20)9-13-15(21)19(3)16(22)18(13)2/h5-8,13H,9-10H2,1-4H3. The molecule has 1 saturated heterocycles. The van der Waals surface area contributed by atoms with Gasteiger partial charge in [-0.1, -0.05) is 12.1 Å². The van der Waals surface area contributed by atoms with Crippen LogP contribution in [0.25, 0.3) is 0 Å². The summed E-state index contributed by atoms with van der Waals surface area (Å²) in [5.74, 6) is -0.489. The van der Waals surface area contributed by atoms with E-state index in [0.29, 0.717) is 6.54 Å². The number of imide groups is 1. The van der Waals surface area contributed by atoms with E-state index in [0.717, 1.165) is 15.4 Å². The molecule has 1 atom stereocenters. The first kappa shape index (κ1) is 17.3. The lowest BCUT2D eigenvalue weighted by Crippen LogP contribution is -2.38. The molecule has 1 aromatic rings. The summed E-state index contributed by atoms with van der Waals surface area (Å²) in [6.45, 7) is 0.474. The molecule has 4 amide bonds. The molecule has 0 bridgehead atoms. The second-order valence-electron chi connectivity index (χ2n) is 5.61. The maximum absolute atomic E-state index is 12.4. The number of benzene rings is 1. The van der Waals surface area contributed by atoms with Gasteiger partial charge in [0, 0.05) is 32.6 Å². The van der Waals surface area contributed by atoms with Gasteiger partial charge in [-0.25, -0.2) is 4.79 Å². The van der Waals surface area contributed by atoms with Crippen molar-refractivity contribution in [1.82, 2.24) is 14.7 Å². The van der Waals surface area contributed by atoms with Gasteiger partial charge < -0.3 is 9.80 Å². The molecule has 1 fully saturated rings. The van der Waals surface area contributed by atoms with Crippen LogP contribution >= 0.6 is 11.8 Å². The molecule has 0 N–H and O–H groups in total. The Kier molecular flexibility index (Phi) is 5.30. The average molecular weight is 335 g/mol. The van der Waals surface area contributed by atoms with Gasteiger partial charge in [-0.2, -0.15) is 0 Å². The van der Waals surface area contributed by atoms with Crippen LogP contribution in [0, 0.1) is 0 Å². The molecule has 7 heteroatoms. The van der Waals surface area contributed by atoms with Crippen LogP contribution in [0.2, 0.25) is 0 Å². The monoisotopic (exact) mass is 335 g/mol. The maximum Gasteiger partial charge on any atom is 0.326 e. The summed E-state index contributed by atoms with van der Waals surface area (Å²) >= 11 is 1.65. The smallest absolute Gasteiger partial charge is 0.326 e. The highest BCUT2D eigenvalue weighted by atomic mass is 32.2. The summed E-state index contributed by atoms with van der Waals surface area (Å²) in [6, 6.07) is 6.90. The van der Waals surface area contributed by atoms with Gasteiger partial charge in [-0.15, -0.1) is 11.8 Å². The second-order valence-corrected chi connectivity index (χ2v) is 6.49. The van der Waals surface area contributed by atoms with Crippen molar-refractivity contribution >= 4 is 29.6 Å². The van der Waals surface area contributed by atoms with Crippen molar-refractivity contribution in [2.45, 2.75) is 23.9 Å². The molecule has 6 nitrogen and oxygen atoms in total. The van der Waals surface area contributed by atoms with E-state index >= 15 is 0 Å². The number of nitrogens with zero attached hydrogens (tertiary/aromatic N) is 3. The maximum atomic E-state index is 12.4. The van der Waals surface area contributed by atoms with E-state index in [2.05, 4.69) is 0 Å². The minimum absolute atomic E-state index is 0.00410. The summed E-state index contributed by atoms with van der Waals surface area (Å²) in [6.07, 6.45) is 2.01. The second kappa shape index (κ2) is 7.04. The van der Waals surface area contributed by atoms with Gasteiger partial charge >= 0.3 is 6.03 Å². The first-order valence-electron chi connectivity index (χ1n) is 7.26. The Bertz CT molecular complexity index is 635. The van der Waals surface area contributed by atoms with Crippen LogP contribution < -0.4 is 0 Å². The van der Waals surface area contributed by atoms with Crippen LogP contribution in [0.4, 0.5) is 4.79 Å². The normalized spacial score (nSPS) is 17.8. The lowest BCUT2D eigenvalue weighted by atomic mass is 10.1. The molecule has 0 spiro atoms. The molecule has 2 rings (SSSR count). The Morgan fingerprint density at radius 2 is 2.00 bits per heavy atom. The van der Waals surface area contributed by atoms with Gasteiger partial charge in [-0.05, 0) is 24.0 Å². The molecule has 1 aliphatic rings. The molecule has 1 heterocycles. The molecule has 1 aromatic carbocycles. The number of urea groups is 1. The Labute approximate surface area is 140 Å². The number of hydrogen-bond donors (Lipinski definition) is 0. The van der Waals surface area contributed by atoms with E-state index in [1.807, 2.05) is 30.5 Å². The molecule has 124 valence electrons. The Balaban J connectivity index is 2.00. The van der Waals surface area contributed by atoms with E-state index in [1.54, 1.807) is 30.8 Å². The first-order chi connectivity index (χ1) is 10.8. The number of rotatable bonds is 5. The van der Waals surface area contributed by atoms with Crippen LogP contribution in [0.5, 0.6) is 0 Å². The van der Waals surface area contributed by atoms with Crippen LogP contribution in [0.1, 0.15) is 12.0 Å². The zero-order chi connectivity index (χ0) is 17.1. The Morgan fingerprint density at radius 1 is 1.30 bits per heavy atom. The number of hydrogen-bond acceptors (Lipinski definition) is 4. The molecule has 0 radical (unpaired) electrons. The van der Waals surface area contributed by atoms with Gasteiger partial charge in [0.25, 0.3) is 5.91 Å². The first-order valence-corrected chi connectivity index (χ1v) is 8.49. The quantitative estimate of drug-likeness (QED) is 0.606. The van der Waals surface area contributed by atoms with Crippen molar-refractivity contribution in [3.8, 4) is 0 Å². The van der Waals surface area contributed by atoms with Gasteiger partial charge in [0.2, 0.25) is 5.91 Å². The molecular formula is C16H21N3O3S. The number of likely N-dealkylation sites (N-methyl/N-ethyl adjacent to an activating group) is 2.